The molecule has 0 bridgehead atoms. The number of rotatable bonds is 40. The van der Waals surface area contributed by atoms with Crippen LogP contribution in [0.25, 0.3) is 0 Å². The van der Waals surface area contributed by atoms with E-state index in [9.17, 15) is 9.59 Å². The first-order valence-corrected chi connectivity index (χ1v) is 24.7. The van der Waals surface area contributed by atoms with Gasteiger partial charge in [-0.3, -0.25) is 9.59 Å². The largest absolute Gasteiger partial charge is 1.00 e. The maximum absolute atomic E-state index is 12.6. The Kier molecular flexibility index (Phi) is 65.4. The van der Waals surface area contributed by atoms with Crippen LogP contribution in [-0.2, 0) is 19.1 Å². The van der Waals surface area contributed by atoms with Gasteiger partial charge in [-0.25, -0.2) is 0 Å². The van der Waals surface area contributed by atoms with Gasteiger partial charge in [-0.05, 0) is 70.4 Å². The Hall–Kier alpha value is 0.705. The van der Waals surface area contributed by atoms with Crippen LogP contribution in [0.5, 0.6) is 0 Å². The molecular weight excluding hydrogens is 764 g/mol. The fraction of sp³-hybridized carbons (Fsp3) is 0.940. The molecule has 0 spiro atoms. The van der Waals surface area contributed by atoms with Crippen LogP contribution in [-0.4, -0.2) is 31.1 Å². The first kappa shape index (κ1) is 63.3. The fourth-order valence-electron chi connectivity index (χ4n) is 6.25. The van der Waals surface area contributed by atoms with Crippen molar-refractivity contribution in [3.05, 3.63) is 6.61 Å². The molecule has 5 nitrogen and oxygen atoms in total. The molecule has 1 N–H and O–H groups in total. The maximum Gasteiger partial charge on any atom is 1.00 e. The van der Waals surface area contributed by atoms with E-state index in [4.69, 9.17) is 9.47 Å². The molecular formula is C50H102NO4Rb. The van der Waals surface area contributed by atoms with Gasteiger partial charge in [0.15, 0.2) is 0 Å². The minimum Gasteiger partial charge on any atom is -0.637 e. The summed E-state index contributed by atoms with van der Waals surface area (Å²) in [5.74, 6) is 0.834. The minimum absolute atomic E-state index is 0. The molecule has 0 saturated carbocycles. The van der Waals surface area contributed by atoms with Gasteiger partial charge in [0.05, 0.1) is 0 Å². The molecule has 0 radical (unpaired) electrons. The summed E-state index contributed by atoms with van der Waals surface area (Å²) in [6.45, 7) is 21.5. The van der Waals surface area contributed by atoms with E-state index in [0.717, 1.165) is 76.8 Å². The van der Waals surface area contributed by atoms with E-state index in [0.29, 0.717) is 12.8 Å². The molecule has 0 aliphatic rings. The van der Waals surface area contributed by atoms with Crippen molar-refractivity contribution < 1.29 is 77.3 Å². The Balaban J connectivity index is -0.00000136. The Morgan fingerprint density at radius 1 is 0.482 bits per heavy atom. The van der Waals surface area contributed by atoms with Crippen molar-refractivity contribution >= 4 is 11.9 Å². The second-order valence-corrected chi connectivity index (χ2v) is 16.7. The number of esters is 2. The number of nitrogens with one attached hydrogen (secondary N) is 1. The molecule has 0 amide bonds. The van der Waals surface area contributed by atoms with E-state index in [-0.39, 0.29) is 76.2 Å². The van der Waals surface area contributed by atoms with Crippen LogP contribution in [0.4, 0.5) is 0 Å². The van der Waals surface area contributed by atoms with Crippen molar-refractivity contribution in [2.45, 2.75) is 286 Å². The van der Waals surface area contributed by atoms with Crippen LogP contribution in [0.1, 0.15) is 280 Å². The molecule has 0 saturated heterocycles. The predicted molar refractivity (Wildman–Crippen MR) is 244 cm³/mol. The van der Waals surface area contributed by atoms with Gasteiger partial charge in [0, 0.05) is 12.8 Å². The summed E-state index contributed by atoms with van der Waals surface area (Å²) in [7, 11) is 0. The molecule has 332 valence electrons. The summed E-state index contributed by atoms with van der Waals surface area (Å²) in [6.07, 6.45) is 41.4. The summed E-state index contributed by atoms with van der Waals surface area (Å²) >= 11 is 0. The molecule has 0 heterocycles. The topological polar surface area (TPSA) is 64.6 Å². The zero-order valence-electron chi connectivity index (χ0n) is 40.0. The number of carbonyl (C=O) groups excluding carboxylic acids is 2. The van der Waals surface area contributed by atoms with Crippen molar-refractivity contribution in [1.29, 1.82) is 0 Å². The Labute approximate surface area is 402 Å². The van der Waals surface area contributed by atoms with Gasteiger partial charge in [0.1, 0.15) is 6.10 Å². The van der Waals surface area contributed by atoms with E-state index >= 15 is 0 Å². The number of unbranched alkanes of at least 4 members (excludes halogenated alkanes) is 24. The van der Waals surface area contributed by atoms with Gasteiger partial charge >= 0.3 is 64.2 Å². The summed E-state index contributed by atoms with van der Waals surface area (Å²) < 4.78 is 11.3. The van der Waals surface area contributed by atoms with E-state index in [1.54, 1.807) is 6.61 Å². The SMILES string of the molecule is CCC.CCC(C)C.CCCCCCCCCC[CH-]OC(=O)CCCCCNCCCCCCCC(=O)OC(CCCCCCCC)CCCCCCCC.[Rb+]. The van der Waals surface area contributed by atoms with Crippen molar-refractivity contribution in [3.8, 4) is 0 Å². The quantitative estimate of drug-likeness (QED) is 0.0378. The summed E-state index contributed by atoms with van der Waals surface area (Å²) in [5.41, 5.74) is 0. The zero-order chi connectivity index (χ0) is 41.3. The second-order valence-electron chi connectivity index (χ2n) is 16.7. The molecule has 0 rings (SSSR count). The van der Waals surface area contributed by atoms with Crippen molar-refractivity contribution in [2.75, 3.05) is 13.1 Å². The molecule has 0 fully saturated rings. The average Bonchev–Trinajstić information content (AvgIpc) is 3.17. The van der Waals surface area contributed by atoms with Crippen molar-refractivity contribution in [2.24, 2.45) is 5.92 Å². The van der Waals surface area contributed by atoms with Gasteiger partial charge in [-0.2, -0.15) is 6.61 Å². The van der Waals surface area contributed by atoms with Gasteiger partial charge in [-0.15, -0.1) is 6.42 Å². The van der Waals surface area contributed by atoms with Crippen LogP contribution in [0.15, 0.2) is 0 Å². The smallest absolute Gasteiger partial charge is 0.637 e. The molecule has 56 heavy (non-hydrogen) atoms. The molecule has 0 aromatic carbocycles. The van der Waals surface area contributed by atoms with Crippen LogP contribution >= 0.6 is 0 Å². The molecule has 0 aliphatic carbocycles. The van der Waals surface area contributed by atoms with Gasteiger partial charge in [0.2, 0.25) is 0 Å². The standard InChI is InChI=1S/C42H82NO4.C5H12.C3H8.Rb/c1-4-7-10-13-16-17-18-24-32-39-46-41(44)35-29-25-31-38-43-37-30-23-19-22-28-36-42(45)47-40(33-26-20-14-11-8-5-2)34-27-21-15-12-9-6-3;1-4-5(2)3;1-3-2;/h39-40,43H,4-38H2,1-3H3;5H,4H2,1-3H3;3H2,1-2H3;/q-1;;;+1. The van der Waals surface area contributed by atoms with Crippen molar-refractivity contribution in [3.63, 3.8) is 0 Å². The van der Waals surface area contributed by atoms with E-state index in [2.05, 4.69) is 60.7 Å². The van der Waals surface area contributed by atoms with Gasteiger partial charge in [0.25, 0.3) is 5.97 Å². The minimum atomic E-state index is -0.0769. The fourth-order valence-corrected chi connectivity index (χ4v) is 6.25. The molecule has 6 heteroatoms. The Bertz CT molecular complexity index is 703. The first-order valence-electron chi connectivity index (χ1n) is 24.7. The average molecular weight is 867 g/mol. The predicted octanol–water partition coefficient (Wildman–Crippen LogP) is 13.6. The number of carbonyl (C=O) groups is 2. The third kappa shape index (κ3) is 61.4. The second kappa shape index (κ2) is 57.8. The first-order chi connectivity index (χ1) is 26.8. The number of ether oxygens (including phenoxy) is 2. The Morgan fingerprint density at radius 2 is 0.821 bits per heavy atom. The molecule has 0 aliphatic heterocycles. The third-order valence-electron chi connectivity index (χ3n) is 10.2. The van der Waals surface area contributed by atoms with E-state index < -0.39 is 0 Å². The number of hydrogen-bond donors (Lipinski definition) is 1. The van der Waals surface area contributed by atoms with Gasteiger partial charge < -0.3 is 14.8 Å². The zero-order valence-corrected chi connectivity index (χ0v) is 44.9. The van der Waals surface area contributed by atoms with Crippen LogP contribution in [0, 0.1) is 12.5 Å². The third-order valence-corrected chi connectivity index (χ3v) is 10.2. The summed E-state index contributed by atoms with van der Waals surface area (Å²) in [5, 5.41) is 3.54. The summed E-state index contributed by atoms with van der Waals surface area (Å²) in [4.78, 5) is 24.5. The van der Waals surface area contributed by atoms with Crippen LogP contribution in [0.2, 0.25) is 0 Å². The van der Waals surface area contributed by atoms with E-state index in [1.165, 1.54) is 154 Å². The molecule has 0 aromatic rings. The van der Waals surface area contributed by atoms with Crippen LogP contribution in [0.3, 0.4) is 0 Å². The summed E-state index contributed by atoms with van der Waals surface area (Å²) in [6, 6.07) is 0. The normalized spacial score (nSPS) is 10.8. The molecule has 0 atom stereocenters. The van der Waals surface area contributed by atoms with Crippen molar-refractivity contribution in [1.82, 2.24) is 5.32 Å². The molecule has 0 unspecified atom stereocenters. The monoisotopic (exact) mass is 866 g/mol. The Morgan fingerprint density at radius 3 is 1.25 bits per heavy atom. The van der Waals surface area contributed by atoms with E-state index in [1.807, 2.05) is 0 Å². The van der Waals surface area contributed by atoms with Crippen LogP contribution < -0.4 is 63.5 Å². The van der Waals surface area contributed by atoms with Gasteiger partial charge in [-0.1, -0.05) is 209 Å². The molecule has 0 aromatic heterocycles. The number of hydrogen-bond acceptors (Lipinski definition) is 5. The maximum atomic E-state index is 12.6.